The third kappa shape index (κ3) is 2.71. The molecule has 5 rings (SSSR count). The van der Waals surface area contributed by atoms with Crippen molar-refractivity contribution in [3.63, 3.8) is 0 Å². The Kier molecular flexibility index (Phi) is 4.06. The summed E-state index contributed by atoms with van der Waals surface area (Å²) in [7, 11) is 0. The first kappa shape index (κ1) is 17.3. The Hall–Kier alpha value is -1.84. The zero-order valence-electron chi connectivity index (χ0n) is 16.3. The molecule has 0 saturated carbocycles. The van der Waals surface area contributed by atoms with Crippen molar-refractivity contribution in [2.24, 2.45) is 5.41 Å². The predicted molar refractivity (Wildman–Crippen MR) is 109 cm³/mol. The third-order valence-corrected chi connectivity index (χ3v) is 6.93. The van der Waals surface area contributed by atoms with Gasteiger partial charge in [0.1, 0.15) is 12.0 Å². The summed E-state index contributed by atoms with van der Waals surface area (Å²) < 4.78 is 6.20. The number of hydrogen-bond donors (Lipinski definition) is 2. The molecular weight excluding hydrogens is 334 g/mol. The van der Waals surface area contributed by atoms with Crippen molar-refractivity contribution in [1.29, 1.82) is 0 Å². The lowest BCUT2D eigenvalue weighted by molar-refractivity contribution is 0.114. The monoisotopic (exact) mass is 363 g/mol. The fraction of sp³-hybridized carbons (Fsp3) is 0.500. The van der Waals surface area contributed by atoms with E-state index in [9.17, 15) is 5.11 Å². The van der Waals surface area contributed by atoms with Gasteiger partial charge in [0.25, 0.3) is 0 Å². The molecule has 1 saturated heterocycles. The Balaban J connectivity index is 1.49. The molecule has 0 amide bonds. The first-order valence-corrected chi connectivity index (χ1v) is 10.4. The highest BCUT2D eigenvalue weighted by atomic mass is 16.5. The third-order valence-electron chi connectivity index (χ3n) is 6.93. The SMILES string of the molecule is CC1=C2C(=C3C=C[C@H](O)[C@@]3(C)C1)CCc1cc(OC3CCCCN3)ccc12. The summed E-state index contributed by atoms with van der Waals surface area (Å²) in [6.07, 6.45) is 10.5. The minimum atomic E-state index is -0.364. The molecule has 3 nitrogen and oxygen atoms in total. The van der Waals surface area contributed by atoms with Gasteiger partial charge in [-0.3, -0.25) is 5.32 Å². The van der Waals surface area contributed by atoms with Crippen LogP contribution in [0.15, 0.2) is 47.1 Å². The maximum Gasteiger partial charge on any atom is 0.150 e. The van der Waals surface area contributed by atoms with Crippen molar-refractivity contribution in [2.75, 3.05) is 6.54 Å². The molecule has 0 bridgehead atoms. The van der Waals surface area contributed by atoms with Gasteiger partial charge in [0.05, 0.1) is 6.10 Å². The van der Waals surface area contributed by atoms with Gasteiger partial charge in [-0.25, -0.2) is 0 Å². The van der Waals surface area contributed by atoms with Crippen molar-refractivity contribution in [1.82, 2.24) is 5.32 Å². The average Bonchev–Trinajstić information content (AvgIpc) is 2.96. The van der Waals surface area contributed by atoms with E-state index >= 15 is 0 Å². The Labute approximate surface area is 161 Å². The fourth-order valence-corrected chi connectivity index (χ4v) is 5.52. The molecule has 3 heteroatoms. The van der Waals surface area contributed by atoms with E-state index in [0.29, 0.717) is 0 Å². The van der Waals surface area contributed by atoms with Crippen LogP contribution in [0.25, 0.3) is 5.57 Å². The van der Waals surface area contributed by atoms with Crippen molar-refractivity contribution in [2.45, 2.75) is 64.7 Å². The predicted octanol–water partition coefficient (Wildman–Crippen LogP) is 4.52. The van der Waals surface area contributed by atoms with E-state index in [1.165, 1.54) is 46.3 Å². The van der Waals surface area contributed by atoms with Crippen molar-refractivity contribution in [3.05, 3.63) is 58.2 Å². The maximum atomic E-state index is 10.5. The van der Waals surface area contributed by atoms with Crippen LogP contribution in [0.3, 0.4) is 0 Å². The summed E-state index contributed by atoms with van der Waals surface area (Å²) in [6, 6.07) is 6.64. The largest absolute Gasteiger partial charge is 0.475 e. The normalized spacial score (nSPS) is 32.3. The van der Waals surface area contributed by atoms with Crippen molar-refractivity contribution in [3.8, 4) is 5.75 Å². The van der Waals surface area contributed by atoms with Crippen molar-refractivity contribution >= 4 is 5.57 Å². The summed E-state index contributed by atoms with van der Waals surface area (Å²) in [5.41, 5.74) is 8.25. The van der Waals surface area contributed by atoms with E-state index in [4.69, 9.17) is 4.74 Å². The number of allylic oxidation sites excluding steroid dienone is 4. The molecule has 27 heavy (non-hydrogen) atoms. The number of nitrogens with one attached hydrogen (secondary N) is 1. The van der Waals surface area contributed by atoms with Crippen LogP contribution < -0.4 is 10.1 Å². The number of rotatable bonds is 2. The smallest absolute Gasteiger partial charge is 0.150 e. The molecule has 142 valence electrons. The zero-order chi connectivity index (χ0) is 18.6. The molecule has 3 atom stereocenters. The van der Waals surface area contributed by atoms with Gasteiger partial charge in [0, 0.05) is 5.41 Å². The van der Waals surface area contributed by atoms with Gasteiger partial charge in [0.15, 0.2) is 0 Å². The number of aliphatic hydroxyl groups excluding tert-OH is 1. The first-order chi connectivity index (χ1) is 13.1. The Bertz CT molecular complexity index is 872. The highest BCUT2D eigenvalue weighted by Gasteiger charge is 2.44. The highest BCUT2D eigenvalue weighted by molar-refractivity contribution is 5.88. The topological polar surface area (TPSA) is 41.5 Å². The Morgan fingerprint density at radius 3 is 2.93 bits per heavy atom. The highest BCUT2D eigenvalue weighted by Crippen LogP contribution is 2.54. The second-order valence-corrected chi connectivity index (χ2v) is 8.82. The van der Waals surface area contributed by atoms with Gasteiger partial charge in [0.2, 0.25) is 0 Å². The zero-order valence-corrected chi connectivity index (χ0v) is 16.3. The van der Waals surface area contributed by atoms with Gasteiger partial charge in [-0.15, -0.1) is 0 Å². The van der Waals surface area contributed by atoms with Gasteiger partial charge >= 0.3 is 0 Å². The number of fused-ring (bicyclic) bond motifs is 4. The lowest BCUT2D eigenvalue weighted by Gasteiger charge is -2.40. The molecule has 1 unspecified atom stereocenters. The van der Waals surface area contributed by atoms with E-state index in [0.717, 1.165) is 38.0 Å². The minimum absolute atomic E-state index is 0.143. The first-order valence-electron chi connectivity index (χ1n) is 10.4. The average molecular weight is 364 g/mol. The molecule has 1 heterocycles. The van der Waals surface area contributed by atoms with E-state index < -0.39 is 0 Å². The number of aliphatic hydroxyl groups is 1. The van der Waals surface area contributed by atoms with Gasteiger partial charge in [-0.2, -0.15) is 0 Å². The molecule has 1 fully saturated rings. The molecular formula is C24H29NO2. The Morgan fingerprint density at radius 1 is 1.22 bits per heavy atom. The number of piperidine rings is 1. The molecule has 2 N–H and O–H groups in total. The van der Waals surface area contributed by atoms with E-state index in [1.54, 1.807) is 0 Å². The Morgan fingerprint density at radius 2 is 2.11 bits per heavy atom. The molecule has 4 aliphatic rings. The van der Waals surface area contributed by atoms with Crippen LogP contribution in [0.1, 0.15) is 57.1 Å². The quantitative estimate of drug-likeness (QED) is 0.812. The summed E-state index contributed by atoms with van der Waals surface area (Å²) in [6.45, 7) is 5.51. The molecule has 0 aromatic heterocycles. The summed E-state index contributed by atoms with van der Waals surface area (Å²) >= 11 is 0. The van der Waals surface area contributed by atoms with Crippen LogP contribution in [-0.4, -0.2) is 24.0 Å². The maximum absolute atomic E-state index is 10.5. The van der Waals surface area contributed by atoms with Gasteiger partial charge in [-0.05, 0) is 92.0 Å². The summed E-state index contributed by atoms with van der Waals surface area (Å²) in [5.74, 6) is 0.985. The van der Waals surface area contributed by atoms with E-state index in [2.05, 4.69) is 43.4 Å². The van der Waals surface area contributed by atoms with Crippen LogP contribution in [0.5, 0.6) is 5.75 Å². The van der Waals surface area contributed by atoms with Crippen molar-refractivity contribution < 1.29 is 9.84 Å². The molecule has 1 aromatic carbocycles. The lowest BCUT2D eigenvalue weighted by atomic mass is 9.65. The second kappa shape index (κ2) is 6.35. The van der Waals surface area contributed by atoms with Crippen LogP contribution in [-0.2, 0) is 6.42 Å². The van der Waals surface area contributed by atoms with Gasteiger partial charge in [-0.1, -0.05) is 30.7 Å². The molecule has 0 spiro atoms. The fourth-order valence-electron chi connectivity index (χ4n) is 5.52. The van der Waals surface area contributed by atoms with Crippen LogP contribution in [0, 0.1) is 5.41 Å². The second-order valence-electron chi connectivity index (χ2n) is 8.82. The molecule has 3 aliphatic carbocycles. The van der Waals surface area contributed by atoms with E-state index in [-0.39, 0.29) is 17.7 Å². The molecule has 1 aromatic rings. The lowest BCUT2D eigenvalue weighted by Crippen LogP contribution is -2.38. The molecule has 1 aliphatic heterocycles. The van der Waals surface area contributed by atoms with E-state index in [1.807, 2.05) is 6.08 Å². The standard InChI is InChI=1S/C24H29NO2/c1-15-14-24(2)20(10-11-21(24)26)19-8-6-16-13-17(7-9-18(16)23(15)19)27-22-5-3-4-12-25-22/h7,9-11,13,21-22,25-26H,3-6,8,12,14H2,1-2H3/t21-,22?,24-/m0/s1. The number of aryl methyl sites for hydroxylation is 1. The summed E-state index contributed by atoms with van der Waals surface area (Å²) in [4.78, 5) is 0. The molecule has 0 radical (unpaired) electrons. The number of benzene rings is 1. The summed E-state index contributed by atoms with van der Waals surface area (Å²) in [5, 5.41) is 14.0. The van der Waals surface area contributed by atoms with Crippen LogP contribution in [0.4, 0.5) is 0 Å². The van der Waals surface area contributed by atoms with Gasteiger partial charge < -0.3 is 9.84 Å². The van der Waals surface area contributed by atoms with Crippen LogP contribution in [0.2, 0.25) is 0 Å². The number of ether oxygens (including phenoxy) is 1. The number of hydrogen-bond acceptors (Lipinski definition) is 3. The van der Waals surface area contributed by atoms with Crippen LogP contribution >= 0.6 is 0 Å². The minimum Gasteiger partial charge on any atom is -0.475 e.